The number of aliphatic hydroxyl groups is 1. The van der Waals surface area contributed by atoms with E-state index in [4.69, 9.17) is 5.11 Å². The zero-order valence-corrected chi connectivity index (χ0v) is 9.79. The molecular weight excluding hydrogens is 307 g/mol. The van der Waals surface area contributed by atoms with Crippen molar-refractivity contribution in [1.29, 1.82) is 0 Å². The van der Waals surface area contributed by atoms with Crippen LogP contribution in [0.2, 0.25) is 0 Å². The monoisotopic (exact) mass is 314 g/mol. The van der Waals surface area contributed by atoms with Crippen molar-refractivity contribution in [3.8, 4) is 11.4 Å². The minimum atomic E-state index is -0.00245. The van der Waals surface area contributed by atoms with E-state index in [-0.39, 0.29) is 6.61 Å². The first-order valence-corrected chi connectivity index (χ1v) is 5.28. The molecule has 2 rings (SSSR count). The molecule has 0 aliphatic rings. The Morgan fingerprint density at radius 2 is 1.87 bits per heavy atom. The summed E-state index contributed by atoms with van der Waals surface area (Å²) in [5.74, 6) is 0.464. The van der Waals surface area contributed by atoms with Crippen LogP contribution in [0, 0.1) is 3.57 Å². The average Bonchev–Trinajstić information content (AvgIpc) is 2.29. The molecule has 1 aromatic heterocycles. The van der Waals surface area contributed by atoms with Crippen LogP contribution in [0.5, 0.6) is 0 Å². The molecule has 0 spiro atoms. The molecule has 1 heterocycles. The van der Waals surface area contributed by atoms with E-state index >= 15 is 0 Å². The first-order chi connectivity index (χ1) is 7.29. The van der Waals surface area contributed by atoms with Crippen molar-refractivity contribution in [2.75, 3.05) is 0 Å². The Kier molecular flexibility index (Phi) is 3.17. The van der Waals surface area contributed by atoms with Gasteiger partial charge in [-0.3, -0.25) is 0 Å². The maximum absolute atomic E-state index is 9.06. The first kappa shape index (κ1) is 10.4. The molecule has 0 unspecified atom stereocenters. The van der Waals surface area contributed by atoms with Crippen LogP contribution in [0.3, 0.4) is 0 Å². The molecule has 0 fully saturated rings. The van der Waals surface area contributed by atoms with Gasteiger partial charge in [-0.2, -0.15) is 0 Å². The van der Waals surface area contributed by atoms with Crippen LogP contribution in [0.25, 0.3) is 11.4 Å². The second kappa shape index (κ2) is 4.58. The molecule has 5 nitrogen and oxygen atoms in total. The second-order valence-electron chi connectivity index (χ2n) is 2.88. The largest absolute Gasteiger partial charge is 0.392 e. The number of hydrogen-bond donors (Lipinski definition) is 1. The molecule has 0 amide bonds. The Morgan fingerprint density at radius 1 is 1.13 bits per heavy atom. The van der Waals surface area contributed by atoms with E-state index in [9.17, 15) is 0 Å². The van der Waals surface area contributed by atoms with Gasteiger partial charge in [0.25, 0.3) is 0 Å². The summed E-state index contributed by atoms with van der Waals surface area (Å²) in [7, 11) is 0. The highest BCUT2D eigenvalue weighted by Gasteiger charge is 2.04. The summed E-state index contributed by atoms with van der Waals surface area (Å²) in [6.07, 6.45) is 1.28. The van der Waals surface area contributed by atoms with Crippen LogP contribution in [-0.2, 0) is 6.61 Å². The third-order valence-electron chi connectivity index (χ3n) is 1.81. The Morgan fingerprint density at radius 3 is 2.53 bits per heavy atom. The zero-order chi connectivity index (χ0) is 10.7. The summed E-state index contributed by atoms with van der Waals surface area (Å²) in [6.45, 7) is -0.00245. The fraction of sp³-hybridized carbons (Fsp3) is 0.111. The molecule has 2 aromatic rings. The quantitative estimate of drug-likeness (QED) is 0.838. The highest BCUT2D eigenvalue weighted by atomic mass is 127. The smallest absolute Gasteiger partial charge is 0.203 e. The lowest BCUT2D eigenvalue weighted by Gasteiger charge is -2.02. The predicted molar refractivity (Wildman–Crippen MR) is 61.7 cm³/mol. The summed E-state index contributed by atoms with van der Waals surface area (Å²) in [4.78, 5) is 0. The van der Waals surface area contributed by atoms with Crippen molar-refractivity contribution >= 4 is 22.6 Å². The van der Waals surface area contributed by atoms with Crippen LogP contribution in [0.1, 0.15) is 5.56 Å². The number of aromatic nitrogens is 4. The molecule has 6 heteroatoms. The molecule has 0 aliphatic heterocycles. The lowest BCUT2D eigenvalue weighted by atomic mass is 10.1. The third-order valence-corrected chi connectivity index (χ3v) is 2.43. The highest BCUT2D eigenvalue weighted by Crippen LogP contribution is 2.19. The Labute approximate surface area is 99.7 Å². The molecule has 0 saturated heterocycles. The van der Waals surface area contributed by atoms with Crippen molar-refractivity contribution in [3.05, 3.63) is 33.7 Å². The summed E-state index contributed by atoms with van der Waals surface area (Å²) in [5, 5.41) is 24.1. The van der Waals surface area contributed by atoms with E-state index in [2.05, 4.69) is 43.0 Å². The van der Waals surface area contributed by atoms with Gasteiger partial charge in [0.2, 0.25) is 5.82 Å². The predicted octanol–water partition coefficient (Wildman–Crippen LogP) is 1.03. The molecule has 76 valence electrons. The molecule has 1 aromatic carbocycles. The second-order valence-corrected chi connectivity index (χ2v) is 4.12. The number of halogens is 1. The summed E-state index contributed by atoms with van der Waals surface area (Å²) in [5.41, 5.74) is 1.64. The Balaban J connectivity index is 2.49. The van der Waals surface area contributed by atoms with Crippen LogP contribution in [-0.4, -0.2) is 25.5 Å². The van der Waals surface area contributed by atoms with E-state index in [1.54, 1.807) is 0 Å². The van der Waals surface area contributed by atoms with Gasteiger partial charge in [-0.05, 0) is 46.4 Å². The molecular formula is C9H7IN4O. The number of hydrogen-bond acceptors (Lipinski definition) is 5. The summed E-state index contributed by atoms with van der Waals surface area (Å²) >= 11 is 2.17. The van der Waals surface area contributed by atoms with Crippen molar-refractivity contribution in [3.63, 3.8) is 0 Å². The number of benzene rings is 1. The van der Waals surface area contributed by atoms with E-state index in [0.717, 1.165) is 14.7 Å². The van der Waals surface area contributed by atoms with Crippen LogP contribution in [0.15, 0.2) is 24.5 Å². The lowest BCUT2D eigenvalue weighted by Crippen LogP contribution is -1.95. The Hall–Kier alpha value is -1.15. The molecule has 0 saturated carbocycles. The minimum absolute atomic E-state index is 0.00245. The lowest BCUT2D eigenvalue weighted by molar-refractivity contribution is 0.282. The summed E-state index contributed by atoms with van der Waals surface area (Å²) in [6, 6.07) is 5.63. The highest BCUT2D eigenvalue weighted by molar-refractivity contribution is 14.1. The summed E-state index contributed by atoms with van der Waals surface area (Å²) < 4.78 is 1.02. The average molecular weight is 314 g/mol. The van der Waals surface area contributed by atoms with Gasteiger partial charge in [0, 0.05) is 9.13 Å². The molecule has 15 heavy (non-hydrogen) atoms. The van der Waals surface area contributed by atoms with E-state index < -0.39 is 0 Å². The van der Waals surface area contributed by atoms with E-state index in [1.807, 2.05) is 18.2 Å². The minimum Gasteiger partial charge on any atom is -0.392 e. The Bertz CT molecular complexity index is 463. The normalized spacial score (nSPS) is 10.3. The molecule has 0 bridgehead atoms. The van der Waals surface area contributed by atoms with Gasteiger partial charge in [-0.1, -0.05) is 0 Å². The van der Waals surface area contributed by atoms with Crippen molar-refractivity contribution in [2.24, 2.45) is 0 Å². The molecule has 0 aliphatic carbocycles. The van der Waals surface area contributed by atoms with E-state index in [1.165, 1.54) is 6.33 Å². The van der Waals surface area contributed by atoms with Gasteiger partial charge in [0.1, 0.15) is 0 Å². The SMILES string of the molecule is OCc1cc(I)cc(-c2nncnn2)c1. The van der Waals surface area contributed by atoms with Crippen LogP contribution in [0.4, 0.5) is 0 Å². The van der Waals surface area contributed by atoms with Gasteiger partial charge in [-0.15, -0.1) is 20.4 Å². The van der Waals surface area contributed by atoms with E-state index in [0.29, 0.717) is 5.82 Å². The number of aliphatic hydroxyl groups excluding tert-OH is 1. The van der Waals surface area contributed by atoms with Gasteiger partial charge < -0.3 is 5.11 Å². The van der Waals surface area contributed by atoms with Gasteiger partial charge >= 0.3 is 0 Å². The fourth-order valence-corrected chi connectivity index (χ4v) is 1.93. The maximum Gasteiger partial charge on any atom is 0.203 e. The first-order valence-electron chi connectivity index (χ1n) is 4.20. The van der Waals surface area contributed by atoms with Crippen LogP contribution < -0.4 is 0 Å². The van der Waals surface area contributed by atoms with Crippen molar-refractivity contribution in [2.45, 2.75) is 6.61 Å². The molecule has 1 N–H and O–H groups in total. The van der Waals surface area contributed by atoms with Gasteiger partial charge in [-0.25, -0.2) is 0 Å². The number of nitrogens with zero attached hydrogens (tertiary/aromatic N) is 4. The topological polar surface area (TPSA) is 71.8 Å². The number of rotatable bonds is 2. The fourth-order valence-electron chi connectivity index (χ4n) is 1.19. The van der Waals surface area contributed by atoms with Crippen LogP contribution >= 0.6 is 22.6 Å². The molecule has 0 radical (unpaired) electrons. The molecule has 0 atom stereocenters. The van der Waals surface area contributed by atoms with Crippen molar-refractivity contribution in [1.82, 2.24) is 20.4 Å². The zero-order valence-electron chi connectivity index (χ0n) is 7.63. The maximum atomic E-state index is 9.06. The van der Waals surface area contributed by atoms with Gasteiger partial charge in [0.05, 0.1) is 6.61 Å². The van der Waals surface area contributed by atoms with Gasteiger partial charge in [0.15, 0.2) is 6.33 Å². The van der Waals surface area contributed by atoms with Crippen molar-refractivity contribution < 1.29 is 5.11 Å². The standard InChI is InChI=1S/C9H7IN4O/c10-8-2-6(4-15)1-7(3-8)9-13-11-5-12-14-9/h1-3,5,15H,4H2. The third kappa shape index (κ3) is 2.45.